The summed E-state index contributed by atoms with van der Waals surface area (Å²) in [6.07, 6.45) is 1.89. The Kier molecular flexibility index (Phi) is 7.14. The Morgan fingerprint density at radius 2 is 1.77 bits per heavy atom. The van der Waals surface area contributed by atoms with Gasteiger partial charge < -0.3 is 9.47 Å². The van der Waals surface area contributed by atoms with Gasteiger partial charge in [-0.2, -0.15) is 0 Å². The number of aliphatic imine (C=N–C) groups is 1. The average molecular weight is 377 g/mol. The van der Waals surface area contributed by atoms with Crippen LogP contribution in [-0.2, 0) is 4.79 Å². The second kappa shape index (κ2) is 9.12. The zero-order valence-electron chi connectivity index (χ0n) is 16.4. The van der Waals surface area contributed by atoms with Gasteiger partial charge in [0.1, 0.15) is 0 Å². The van der Waals surface area contributed by atoms with Crippen LogP contribution in [0.2, 0.25) is 0 Å². The fraction of sp³-hybridized carbons (Fsp3) is 0.500. The Hall–Kier alpha value is -1.95. The predicted octanol–water partition coefficient (Wildman–Crippen LogP) is 4.57. The van der Waals surface area contributed by atoms with Gasteiger partial charge in [-0.3, -0.25) is 14.7 Å². The normalized spacial score (nSPS) is 17.8. The molecule has 0 unspecified atom stereocenters. The molecule has 0 spiro atoms. The quantitative estimate of drug-likeness (QED) is 0.654. The minimum atomic E-state index is -0.00348. The predicted molar refractivity (Wildman–Crippen MR) is 109 cm³/mol. The summed E-state index contributed by atoms with van der Waals surface area (Å²) >= 11 is 1.43. The first-order valence-corrected chi connectivity index (χ1v) is 9.89. The summed E-state index contributed by atoms with van der Waals surface area (Å²) in [6, 6.07) is 5.94. The summed E-state index contributed by atoms with van der Waals surface area (Å²) in [5.41, 5.74) is 0.905. The molecule has 1 fully saturated rings. The minimum absolute atomic E-state index is 0.00348. The van der Waals surface area contributed by atoms with Gasteiger partial charge in [-0.1, -0.05) is 6.07 Å². The Morgan fingerprint density at radius 3 is 2.35 bits per heavy atom. The van der Waals surface area contributed by atoms with Gasteiger partial charge in [0.25, 0.3) is 5.91 Å². The maximum absolute atomic E-state index is 12.8. The number of carbonyl (C=O) groups excluding carboxylic acids is 1. The molecule has 1 aliphatic rings. The van der Waals surface area contributed by atoms with E-state index in [2.05, 4.69) is 4.99 Å². The largest absolute Gasteiger partial charge is 0.490 e. The molecule has 142 valence electrons. The molecule has 1 aliphatic heterocycles. The fourth-order valence-electron chi connectivity index (χ4n) is 2.56. The molecule has 0 saturated carbocycles. The lowest BCUT2D eigenvalue weighted by Gasteiger charge is -2.20. The van der Waals surface area contributed by atoms with Gasteiger partial charge >= 0.3 is 0 Å². The number of benzene rings is 1. The summed E-state index contributed by atoms with van der Waals surface area (Å²) < 4.78 is 11.3. The molecule has 0 atom stereocenters. The Bertz CT molecular complexity index is 711. The molecule has 0 radical (unpaired) electrons. The highest BCUT2D eigenvalue weighted by atomic mass is 32.2. The number of rotatable bonds is 7. The molecular weight excluding hydrogens is 348 g/mol. The van der Waals surface area contributed by atoms with Crippen molar-refractivity contribution in [1.29, 1.82) is 0 Å². The second-order valence-corrected chi connectivity index (χ2v) is 7.47. The number of amides is 1. The lowest BCUT2D eigenvalue weighted by atomic mass is 10.1. The van der Waals surface area contributed by atoms with Crippen molar-refractivity contribution in [2.75, 3.05) is 13.2 Å². The lowest BCUT2D eigenvalue weighted by Crippen LogP contribution is -2.35. The summed E-state index contributed by atoms with van der Waals surface area (Å²) in [5, 5.41) is 0.766. The number of amidine groups is 1. The second-order valence-electron chi connectivity index (χ2n) is 6.46. The number of nitrogens with zero attached hydrogens (tertiary/aromatic N) is 2. The van der Waals surface area contributed by atoms with Gasteiger partial charge in [0.05, 0.1) is 18.1 Å². The molecule has 2 rings (SSSR count). The molecule has 0 aliphatic carbocycles. The monoisotopic (exact) mass is 376 g/mol. The molecule has 6 heteroatoms. The first kappa shape index (κ1) is 20.4. The van der Waals surface area contributed by atoms with Gasteiger partial charge in [0.2, 0.25) is 0 Å². The molecule has 1 aromatic carbocycles. The van der Waals surface area contributed by atoms with Crippen LogP contribution in [0.1, 0.15) is 47.1 Å². The molecular formula is C20H28N2O3S. The van der Waals surface area contributed by atoms with Crippen LogP contribution in [0.5, 0.6) is 11.5 Å². The topological polar surface area (TPSA) is 51.1 Å². The summed E-state index contributed by atoms with van der Waals surface area (Å²) in [5.74, 6) is 1.40. The Balaban J connectivity index is 2.36. The van der Waals surface area contributed by atoms with Gasteiger partial charge in [-0.05, 0) is 77.1 Å². The van der Waals surface area contributed by atoms with E-state index in [-0.39, 0.29) is 18.0 Å². The van der Waals surface area contributed by atoms with Gasteiger partial charge in [-0.15, -0.1) is 0 Å². The first-order valence-electron chi connectivity index (χ1n) is 9.07. The first-order chi connectivity index (χ1) is 12.4. The molecule has 0 N–H and O–H groups in total. The van der Waals surface area contributed by atoms with E-state index in [1.54, 1.807) is 4.90 Å². The summed E-state index contributed by atoms with van der Waals surface area (Å²) in [4.78, 5) is 19.9. The zero-order valence-corrected chi connectivity index (χ0v) is 17.2. The highest BCUT2D eigenvalue weighted by Gasteiger charge is 2.35. The van der Waals surface area contributed by atoms with Crippen LogP contribution in [0, 0.1) is 0 Å². The third-order valence-electron chi connectivity index (χ3n) is 3.59. The molecule has 5 nitrogen and oxygen atoms in total. The summed E-state index contributed by atoms with van der Waals surface area (Å²) in [6.45, 7) is 13.0. The van der Waals surface area contributed by atoms with Crippen LogP contribution < -0.4 is 9.47 Å². The SMILES string of the molecule is CCOc1ccc(/C=C2/SC(=NC(C)C)N(C(C)C)C2=O)cc1OCC. The smallest absolute Gasteiger partial charge is 0.266 e. The van der Waals surface area contributed by atoms with E-state index in [9.17, 15) is 4.79 Å². The number of ether oxygens (including phenoxy) is 2. The van der Waals surface area contributed by atoms with E-state index in [0.717, 1.165) is 10.7 Å². The van der Waals surface area contributed by atoms with Crippen LogP contribution in [0.4, 0.5) is 0 Å². The number of carbonyl (C=O) groups is 1. The molecule has 0 bridgehead atoms. The van der Waals surface area contributed by atoms with Crippen LogP contribution in [0.25, 0.3) is 6.08 Å². The number of hydrogen-bond donors (Lipinski definition) is 0. The third-order valence-corrected chi connectivity index (χ3v) is 4.58. The van der Waals surface area contributed by atoms with Crippen LogP contribution in [0.15, 0.2) is 28.1 Å². The van der Waals surface area contributed by atoms with Crippen molar-refractivity contribution >= 4 is 28.9 Å². The van der Waals surface area contributed by atoms with Gasteiger partial charge in [0.15, 0.2) is 16.7 Å². The van der Waals surface area contributed by atoms with Gasteiger partial charge in [0, 0.05) is 12.1 Å². The van der Waals surface area contributed by atoms with Crippen LogP contribution in [-0.4, -0.2) is 41.3 Å². The van der Waals surface area contributed by atoms with Crippen molar-refractivity contribution in [2.45, 2.75) is 53.6 Å². The average Bonchev–Trinajstić information content (AvgIpc) is 2.85. The highest BCUT2D eigenvalue weighted by Crippen LogP contribution is 2.36. The van der Waals surface area contributed by atoms with Crippen molar-refractivity contribution in [3.05, 3.63) is 28.7 Å². The fourth-order valence-corrected chi connectivity index (χ4v) is 3.79. The van der Waals surface area contributed by atoms with E-state index in [0.29, 0.717) is 29.6 Å². The van der Waals surface area contributed by atoms with Crippen molar-refractivity contribution in [2.24, 2.45) is 4.99 Å². The van der Waals surface area contributed by atoms with Crippen LogP contribution in [0.3, 0.4) is 0 Å². The third kappa shape index (κ3) is 4.81. The zero-order chi connectivity index (χ0) is 19.3. The standard InChI is InChI=1S/C20H28N2O3S/c1-7-24-16-10-9-15(11-17(16)25-8-2)12-18-19(23)22(14(5)6)20(26-18)21-13(3)4/h9-14H,7-8H2,1-6H3/b18-12+,21-20?. The van der Waals surface area contributed by atoms with Gasteiger partial charge in [-0.25, -0.2) is 0 Å². The minimum Gasteiger partial charge on any atom is -0.490 e. The number of hydrogen-bond acceptors (Lipinski definition) is 5. The molecule has 0 aromatic heterocycles. The van der Waals surface area contributed by atoms with Crippen molar-refractivity contribution in [3.63, 3.8) is 0 Å². The highest BCUT2D eigenvalue weighted by molar-refractivity contribution is 8.18. The van der Waals surface area contributed by atoms with Crippen LogP contribution >= 0.6 is 11.8 Å². The lowest BCUT2D eigenvalue weighted by molar-refractivity contribution is -0.123. The maximum Gasteiger partial charge on any atom is 0.266 e. The number of thioether (sulfide) groups is 1. The molecule has 26 heavy (non-hydrogen) atoms. The van der Waals surface area contributed by atoms with E-state index in [1.165, 1.54) is 11.8 Å². The van der Waals surface area contributed by atoms with Crippen molar-refractivity contribution in [1.82, 2.24) is 4.90 Å². The van der Waals surface area contributed by atoms with Crippen molar-refractivity contribution in [3.8, 4) is 11.5 Å². The molecule has 1 heterocycles. The Morgan fingerprint density at radius 1 is 1.12 bits per heavy atom. The Labute approximate surface area is 160 Å². The van der Waals surface area contributed by atoms with E-state index < -0.39 is 0 Å². The van der Waals surface area contributed by atoms with Crippen molar-refractivity contribution < 1.29 is 14.3 Å². The maximum atomic E-state index is 12.8. The van der Waals surface area contributed by atoms with E-state index in [4.69, 9.17) is 9.47 Å². The van der Waals surface area contributed by atoms with E-state index >= 15 is 0 Å². The molecule has 1 amide bonds. The summed E-state index contributed by atoms with van der Waals surface area (Å²) in [7, 11) is 0. The molecule has 1 saturated heterocycles. The molecule has 1 aromatic rings. The van der Waals surface area contributed by atoms with E-state index in [1.807, 2.05) is 65.8 Å².